The molecule has 0 bridgehead atoms. The lowest BCUT2D eigenvalue weighted by Crippen LogP contribution is -2.33. The second-order valence-electron chi connectivity index (χ2n) is 6.30. The van der Waals surface area contributed by atoms with Crippen LogP contribution in [0.15, 0.2) is 52.2 Å². The van der Waals surface area contributed by atoms with Gasteiger partial charge in [-0.2, -0.15) is 4.31 Å². The third-order valence-electron chi connectivity index (χ3n) is 4.28. The third-order valence-corrected chi connectivity index (χ3v) is 6.12. The monoisotopic (exact) mass is 407 g/mol. The van der Waals surface area contributed by atoms with Crippen molar-refractivity contribution in [1.29, 1.82) is 0 Å². The van der Waals surface area contributed by atoms with Crippen molar-refractivity contribution >= 4 is 20.9 Å². The molecule has 0 aliphatic rings. The van der Waals surface area contributed by atoms with E-state index in [4.69, 9.17) is 0 Å². The van der Waals surface area contributed by atoms with Gasteiger partial charge in [0.15, 0.2) is 11.6 Å². The summed E-state index contributed by atoms with van der Waals surface area (Å²) in [7, 11) is -4.11. The van der Waals surface area contributed by atoms with Crippen LogP contribution in [0.3, 0.4) is 0 Å². The number of sulfonamides is 1. The first-order chi connectivity index (χ1) is 13.3. The molecule has 28 heavy (non-hydrogen) atoms. The Balaban J connectivity index is 2.00. The number of hydrogen-bond acceptors (Lipinski definition) is 4. The van der Waals surface area contributed by atoms with Crippen LogP contribution in [-0.2, 0) is 16.6 Å². The molecule has 0 saturated heterocycles. The number of H-pyrrole nitrogens is 1. The lowest BCUT2D eigenvalue weighted by Gasteiger charge is -2.21. The van der Waals surface area contributed by atoms with Gasteiger partial charge in [0.05, 0.1) is 22.3 Å². The molecule has 3 aromatic rings. The first-order valence-corrected chi connectivity index (χ1v) is 10.2. The molecule has 0 fully saturated rings. The molecular weight excluding hydrogens is 388 g/mol. The number of benzene rings is 2. The summed E-state index contributed by atoms with van der Waals surface area (Å²) in [6, 6.07) is 9.16. The summed E-state index contributed by atoms with van der Waals surface area (Å²) in [6.45, 7) is 1.86. The van der Waals surface area contributed by atoms with Crippen LogP contribution in [0.25, 0.3) is 10.9 Å². The van der Waals surface area contributed by atoms with E-state index in [0.717, 1.165) is 22.9 Å². The molecule has 1 N–H and O–H groups in total. The summed E-state index contributed by atoms with van der Waals surface area (Å²) in [6.07, 6.45) is 1.28. The first-order valence-electron chi connectivity index (χ1n) is 8.76. The Labute approximate surface area is 160 Å². The zero-order valence-corrected chi connectivity index (χ0v) is 16.0. The minimum absolute atomic E-state index is 0.147. The van der Waals surface area contributed by atoms with Crippen LogP contribution in [0.4, 0.5) is 8.78 Å². The predicted molar refractivity (Wildman–Crippen MR) is 101 cm³/mol. The van der Waals surface area contributed by atoms with Crippen LogP contribution < -0.4 is 5.56 Å². The fourth-order valence-corrected chi connectivity index (χ4v) is 4.23. The van der Waals surface area contributed by atoms with Gasteiger partial charge in [-0.25, -0.2) is 22.2 Å². The van der Waals surface area contributed by atoms with E-state index in [1.165, 1.54) is 0 Å². The number of halogens is 2. The van der Waals surface area contributed by atoms with Gasteiger partial charge in [-0.05, 0) is 36.8 Å². The normalized spacial score (nSPS) is 12.0. The van der Waals surface area contributed by atoms with Gasteiger partial charge in [-0.15, -0.1) is 0 Å². The van der Waals surface area contributed by atoms with Crippen LogP contribution >= 0.6 is 0 Å². The summed E-state index contributed by atoms with van der Waals surface area (Å²) in [5.41, 5.74) is 0.0724. The Morgan fingerprint density at radius 1 is 1.11 bits per heavy atom. The SMILES string of the molecule is CCCCN(Cc1nc2ccccc2c(=O)[nH]1)S(=O)(=O)c1ccc(F)c(F)c1. The maximum atomic E-state index is 13.6. The minimum atomic E-state index is -4.11. The number of aromatic nitrogens is 2. The van der Waals surface area contributed by atoms with Gasteiger partial charge in [0.2, 0.25) is 10.0 Å². The van der Waals surface area contributed by atoms with E-state index in [1.807, 2.05) is 6.92 Å². The quantitative estimate of drug-likeness (QED) is 0.652. The fourth-order valence-electron chi connectivity index (χ4n) is 2.78. The van der Waals surface area contributed by atoms with Crippen LogP contribution in [0.1, 0.15) is 25.6 Å². The molecule has 0 amide bonds. The number of rotatable bonds is 7. The maximum absolute atomic E-state index is 13.6. The molecule has 0 aliphatic heterocycles. The van der Waals surface area contributed by atoms with E-state index >= 15 is 0 Å². The van der Waals surface area contributed by atoms with E-state index in [0.29, 0.717) is 23.4 Å². The van der Waals surface area contributed by atoms with E-state index in [9.17, 15) is 22.0 Å². The Kier molecular flexibility index (Phi) is 5.85. The van der Waals surface area contributed by atoms with E-state index in [1.54, 1.807) is 24.3 Å². The molecule has 6 nitrogen and oxygen atoms in total. The summed E-state index contributed by atoms with van der Waals surface area (Å²) in [5.74, 6) is -2.20. The molecule has 0 aliphatic carbocycles. The van der Waals surface area contributed by atoms with Crippen molar-refractivity contribution in [1.82, 2.24) is 14.3 Å². The van der Waals surface area contributed by atoms with Gasteiger partial charge in [0.25, 0.3) is 5.56 Å². The largest absolute Gasteiger partial charge is 0.309 e. The Bertz CT molecular complexity index is 1160. The van der Waals surface area contributed by atoms with Crippen molar-refractivity contribution < 1.29 is 17.2 Å². The molecule has 1 aromatic heterocycles. The van der Waals surface area contributed by atoms with Crippen molar-refractivity contribution in [2.75, 3.05) is 6.54 Å². The molecule has 0 radical (unpaired) electrons. The van der Waals surface area contributed by atoms with Crippen molar-refractivity contribution in [2.45, 2.75) is 31.2 Å². The highest BCUT2D eigenvalue weighted by atomic mass is 32.2. The van der Waals surface area contributed by atoms with Crippen LogP contribution in [0.2, 0.25) is 0 Å². The van der Waals surface area contributed by atoms with Crippen LogP contribution in [-0.4, -0.2) is 29.2 Å². The average Bonchev–Trinajstić information content (AvgIpc) is 2.67. The number of hydrogen-bond donors (Lipinski definition) is 1. The molecule has 0 saturated carbocycles. The van der Waals surface area contributed by atoms with E-state index < -0.39 is 21.7 Å². The van der Waals surface area contributed by atoms with Gasteiger partial charge >= 0.3 is 0 Å². The maximum Gasteiger partial charge on any atom is 0.258 e. The zero-order valence-electron chi connectivity index (χ0n) is 15.2. The van der Waals surface area contributed by atoms with E-state index in [-0.39, 0.29) is 29.4 Å². The number of para-hydroxylation sites is 1. The minimum Gasteiger partial charge on any atom is -0.309 e. The predicted octanol–water partition coefficient (Wildman–Crippen LogP) is 3.19. The third kappa shape index (κ3) is 4.10. The molecular formula is C19H19F2N3O3S. The number of nitrogens with one attached hydrogen (secondary N) is 1. The second-order valence-corrected chi connectivity index (χ2v) is 8.24. The molecule has 2 aromatic carbocycles. The van der Waals surface area contributed by atoms with Gasteiger partial charge in [-0.3, -0.25) is 4.79 Å². The van der Waals surface area contributed by atoms with E-state index in [2.05, 4.69) is 9.97 Å². The second kappa shape index (κ2) is 8.15. The number of nitrogens with zero attached hydrogens (tertiary/aromatic N) is 2. The standard InChI is InChI=1S/C19H19F2N3O3S/c1-2-3-10-24(28(26,27)13-8-9-15(20)16(21)11-13)12-18-22-17-7-5-4-6-14(17)19(25)23-18/h4-9,11H,2-3,10,12H2,1H3,(H,22,23,25). The van der Waals surface area contributed by atoms with Crippen LogP contribution in [0, 0.1) is 11.6 Å². The molecule has 0 spiro atoms. The Morgan fingerprint density at radius 3 is 2.57 bits per heavy atom. The van der Waals surface area contributed by atoms with Gasteiger partial charge in [-0.1, -0.05) is 25.5 Å². The van der Waals surface area contributed by atoms with Crippen molar-refractivity contribution in [2.24, 2.45) is 0 Å². The topological polar surface area (TPSA) is 83.1 Å². The summed E-state index contributed by atoms with van der Waals surface area (Å²) in [5, 5.41) is 0.398. The van der Waals surface area contributed by atoms with Crippen molar-refractivity contribution in [3.8, 4) is 0 Å². The highest BCUT2D eigenvalue weighted by molar-refractivity contribution is 7.89. The molecule has 148 valence electrons. The van der Waals surface area contributed by atoms with Gasteiger partial charge < -0.3 is 4.98 Å². The van der Waals surface area contributed by atoms with Gasteiger partial charge in [0, 0.05) is 6.54 Å². The Morgan fingerprint density at radius 2 is 1.86 bits per heavy atom. The average molecular weight is 407 g/mol. The number of fused-ring (bicyclic) bond motifs is 1. The molecule has 3 rings (SSSR count). The lowest BCUT2D eigenvalue weighted by molar-refractivity contribution is 0.389. The number of unbranched alkanes of at least 4 members (excludes halogenated alkanes) is 1. The smallest absolute Gasteiger partial charge is 0.258 e. The van der Waals surface area contributed by atoms with Crippen molar-refractivity contribution in [3.63, 3.8) is 0 Å². The summed E-state index contributed by atoms with van der Waals surface area (Å²) in [4.78, 5) is 18.8. The zero-order chi connectivity index (χ0) is 20.3. The molecule has 0 atom stereocenters. The summed E-state index contributed by atoms with van der Waals surface area (Å²) < 4.78 is 53.8. The number of aromatic amines is 1. The van der Waals surface area contributed by atoms with Crippen molar-refractivity contribution in [3.05, 3.63) is 70.3 Å². The fraction of sp³-hybridized carbons (Fsp3) is 0.263. The lowest BCUT2D eigenvalue weighted by atomic mass is 10.2. The van der Waals surface area contributed by atoms with Gasteiger partial charge in [0.1, 0.15) is 5.82 Å². The highest BCUT2D eigenvalue weighted by Crippen LogP contribution is 2.20. The highest BCUT2D eigenvalue weighted by Gasteiger charge is 2.26. The first kappa shape index (κ1) is 20.1. The summed E-state index contributed by atoms with van der Waals surface area (Å²) >= 11 is 0. The Hall–Kier alpha value is -2.65. The van der Waals surface area contributed by atoms with Crippen LogP contribution in [0.5, 0.6) is 0 Å². The molecule has 9 heteroatoms. The molecule has 0 unspecified atom stereocenters. The molecule has 1 heterocycles.